The molecule has 2 aromatic carbocycles. The molecule has 2 aromatic rings. The van der Waals surface area contributed by atoms with Crippen LogP contribution in [0.2, 0.25) is 0 Å². The van der Waals surface area contributed by atoms with Crippen LogP contribution in [-0.4, -0.2) is 28.8 Å². The van der Waals surface area contributed by atoms with Crippen LogP contribution in [0.4, 0.5) is 17.1 Å². The van der Waals surface area contributed by atoms with Crippen molar-refractivity contribution in [1.82, 2.24) is 0 Å². The van der Waals surface area contributed by atoms with E-state index in [2.05, 4.69) is 10.6 Å². The SMILES string of the molecule is CC(OC(=O)c1ccc(NC(=O)C2CC2)cc1)C(=O)Nc1ccccc1[N+](=O)[O-]. The molecule has 0 radical (unpaired) electrons. The van der Waals surface area contributed by atoms with Crippen molar-refractivity contribution in [2.75, 3.05) is 10.6 Å². The highest BCUT2D eigenvalue weighted by Gasteiger charge is 2.29. The minimum atomic E-state index is -1.17. The third-order valence-electron chi connectivity index (χ3n) is 4.35. The molecule has 2 N–H and O–H groups in total. The fourth-order valence-electron chi connectivity index (χ4n) is 2.53. The molecule has 150 valence electrons. The average molecular weight is 397 g/mol. The van der Waals surface area contributed by atoms with E-state index in [0.29, 0.717) is 5.69 Å². The van der Waals surface area contributed by atoms with E-state index >= 15 is 0 Å². The van der Waals surface area contributed by atoms with Gasteiger partial charge in [0.05, 0.1) is 10.5 Å². The lowest BCUT2D eigenvalue weighted by molar-refractivity contribution is -0.383. The van der Waals surface area contributed by atoms with Gasteiger partial charge in [-0.1, -0.05) is 12.1 Å². The number of nitro groups is 1. The summed E-state index contributed by atoms with van der Waals surface area (Å²) >= 11 is 0. The van der Waals surface area contributed by atoms with Crippen LogP contribution in [0, 0.1) is 16.0 Å². The molecule has 0 bridgehead atoms. The summed E-state index contributed by atoms with van der Waals surface area (Å²) in [6.45, 7) is 1.37. The molecule has 1 fully saturated rings. The summed E-state index contributed by atoms with van der Waals surface area (Å²) in [6, 6.07) is 11.8. The number of esters is 1. The number of para-hydroxylation sites is 2. The van der Waals surface area contributed by atoms with E-state index in [9.17, 15) is 24.5 Å². The molecule has 3 rings (SSSR count). The maximum atomic E-state index is 12.2. The van der Waals surface area contributed by atoms with Crippen molar-refractivity contribution in [3.8, 4) is 0 Å². The monoisotopic (exact) mass is 397 g/mol. The fraction of sp³-hybridized carbons (Fsp3) is 0.250. The van der Waals surface area contributed by atoms with Crippen molar-refractivity contribution in [2.24, 2.45) is 5.92 Å². The minimum absolute atomic E-state index is 0.0150. The van der Waals surface area contributed by atoms with Crippen LogP contribution >= 0.6 is 0 Å². The molecule has 1 aliphatic carbocycles. The number of carbonyl (C=O) groups is 3. The molecular weight excluding hydrogens is 378 g/mol. The second-order valence-electron chi connectivity index (χ2n) is 6.65. The molecule has 29 heavy (non-hydrogen) atoms. The fourth-order valence-corrected chi connectivity index (χ4v) is 2.53. The van der Waals surface area contributed by atoms with Crippen LogP contribution in [0.3, 0.4) is 0 Å². The zero-order valence-corrected chi connectivity index (χ0v) is 15.6. The molecule has 1 atom stereocenters. The van der Waals surface area contributed by atoms with Gasteiger partial charge in [0.2, 0.25) is 5.91 Å². The largest absolute Gasteiger partial charge is 0.449 e. The third kappa shape index (κ3) is 5.16. The molecule has 0 saturated heterocycles. The van der Waals surface area contributed by atoms with Crippen molar-refractivity contribution >= 4 is 34.8 Å². The first-order valence-corrected chi connectivity index (χ1v) is 9.01. The normalized spacial score (nSPS) is 13.8. The quantitative estimate of drug-likeness (QED) is 0.420. The number of anilines is 2. The molecule has 1 unspecified atom stereocenters. The molecule has 9 heteroatoms. The van der Waals surface area contributed by atoms with E-state index in [-0.39, 0.29) is 28.8 Å². The van der Waals surface area contributed by atoms with Gasteiger partial charge in [0.1, 0.15) is 5.69 Å². The average Bonchev–Trinajstić information content (AvgIpc) is 3.54. The van der Waals surface area contributed by atoms with Crippen LogP contribution < -0.4 is 10.6 Å². The van der Waals surface area contributed by atoms with Gasteiger partial charge >= 0.3 is 5.97 Å². The van der Waals surface area contributed by atoms with Crippen LogP contribution in [0.5, 0.6) is 0 Å². The molecule has 1 aliphatic rings. The van der Waals surface area contributed by atoms with Gasteiger partial charge in [-0.2, -0.15) is 0 Å². The number of hydrogen-bond donors (Lipinski definition) is 2. The standard InChI is InChI=1S/C20H19N3O6/c1-12(18(24)22-16-4-2-3-5-17(16)23(27)28)29-20(26)14-8-10-15(11-9-14)21-19(25)13-6-7-13/h2-5,8-13H,6-7H2,1H3,(H,21,25)(H,22,24). The predicted molar refractivity (Wildman–Crippen MR) is 104 cm³/mol. The summed E-state index contributed by atoms with van der Waals surface area (Å²) in [4.78, 5) is 46.6. The Morgan fingerprint density at radius 2 is 1.72 bits per heavy atom. The van der Waals surface area contributed by atoms with Gasteiger partial charge in [-0.25, -0.2) is 4.79 Å². The number of rotatable bonds is 7. The van der Waals surface area contributed by atoms with Gasteiger partial charge in [-0.3, -0.25) is 19.7 Å². The molecule has 2 amide bonds. The first kappa shape index (κ1) is 20.0. The third-order valence-corrected chi connectivity index (χ3v) is 4.35. The van der Waals surface area contributed by atoms with Gasteiger partial charge in [0.25, 0.3) is 11.6 Å². The number of nitro benzene ring substituents is 1. The van der Waals surface area contributed by atoms with Crippen molar-refractivity contribution < 1.29 is 24.0 Å². The van der Waals surface area contributed by atoms with Gasteiger partial charge in [0, 0.05) is 17.7 Å². The highest BCUT2D eigenvalue weighted by molar-refractivity contribution is 5.99. The van der Waals surface area contributed by atoms with Crippen LogP contribution in [0.25, 0.3) is 0 Å². The Balaban J connectivity index is 1.57. The van der Waals surface area contributed by atoms with Crippen molar-refractivity contribution in [3.63, 3.8) is 0 Å². The highest BCUT2D eigenvalue weighted by atomic mass is 16.6. The summed E-state index contributed by atoms with van der Waals surface area (Å²) in [7, 11) is 0. The second kappa shape index (κ2) is 8.51. The van der Waals surface area contributed by atoms with E-state index in [1.54, 1.807) is 18.2 Å². The number of benzene rings is 2. The van der Waals surface area contributed by atoms with E-state index in [4.69, 9.17) is 4.74 Å². The molecule has 0 heterocycles. The molecule has 0 spiro atoms. The molecule has 9 nitrogen and oxygen atoms in total. The minimum Gasteiger partial charge on any atom is -0.449 e. The van der Waals surface area contributed by atoms with Gasteiger partial charge < -0.3 is 15.4 Å². The second-order valence-corrected chi connectivity index (χ2v) is 6.65. The number of ether oxygens (including phenoxy) is 1. The smallest absolute Gasteiger partial charge is 0.338 e. The van der Waals surface area contributed by atoms with E-state index in [0.717, 1.165) is 12.8 Å². The summed E-state index contributed by atoms with van der Waals surface area (Å²) < 4.78 is 5.13. The Kier molecular flexibility index (Phi) is 5.87. The maximum Gasteiger partial charge on any atom is 0.338 e. The molecular formula is C20H19N3O6. The van der Waals surface area contributed by atoms with Gasteiger partial charge in [-0.05, 0) is 50.1 Å². The van der Waals surface area contributed by atoms with E-state index < -0.39 is 22.9 Å². The lowest BCUT2D eigenvalue weighted by Gasteiger charge is -2.14. The Hall–Kier alpha value is -3.75. The topological polar surface area (TPSA) is 128 Å². The summed E-state index contributed by atoms with van der Waals surface area (Å²) in [5.41, 5.74) is 0.532. The van der Waals surface area contributed by atoms with E-state index in [1.165, 1.54) is 37.3 Å². The van der Waals surface area contributed by atoms with E-state index in [1.807, 2.05) is 0 Å². The summed E-state index contributed by atoms with van der Waals surface area (Å²) in [5, 5.41) is 16.2. The maximum absolute atomic E-state index is 12.2. The van der Waals surface area contributed by atoms with Crippen molar-refractivity contribution in [3.05, 3.63) is 64.2 Å². The Bertz CT molecular complexity index is 953. The number of hydrogen-bond acceptors (Lipinski definition) is 6. The lowest BCUT2D eigenvalue weighted by Crippen LogP contribution is -2.30. The van der Waals surface area contributed by atoms with Gasteiger partial charge in [0.15, 0.2) is 6.10 Å². The summed E-state index contributed by atoms with van der Waals surface area (Å²) in [5.74, 6) is -1.39. The number of amides is 2. The first-order chi connectivity index (χ1) is 13.8. The molecule has 1 saturated carbocycles. The predicted octanol–water partition coefficient (Wildman–Crippen LogP) is 3.13. The van der Waals surface area contributed by atoms with Crippen molar-refractivity contribution in [1.29, 1.82) is 0 Å². The lowest BCUT2D eigenvalue weighted by atomic mass is 10.2. The van der Waals surface area contributed by atoms with Crippen molar-refractivity contribution in [2.45, 2.75) is 25.9 Å². The Morgan fingerprint density at radius 3 is 2.34 bits per heavy atom. The zero-order chi connectivity index (χ0) is 21.0. The van der Waals surface area contributed by atoms with Crippen LogP contribution in [0.15, 0.2) is 48.5 Å². The molecule has 0 aromatic heterocycles. The van der Waals surface area contributed by atoms with Crippen LogP contribution in [-0.2, 0) is 14.3 Å². The number of nitrogens with zero attached hydrogens (tertiary/aromatic N) is 1. The van der Waals surface area contributed by atoms with Gasteiger partial charge in [-0.15, -0.1) is 0 Å². The summed E-state index contributed by atoms with van der Waals surface area (Å²) in [6.07, 6.45) is 0.613. The Labute approximate surface area is 166 Å². The zero-order valence-electron chi connectivity index (χ0n) is 15.6. The highest BCUT2D eigenvalue weighted by Crippen LogP contribution is 2.30. The number of nitrogens with one attached hydrogen (secondary N) is 2. The molecule has 0 aliphatic heterocycles. The number of carbonyl (C=O) groups excluding carboxylic acids is 3. The van der Waals surface area contributed by atoms with Crippen LogP contribution in [0.1, 0.15) is 30.1 Å². The Morgan fingerprint density at radius 1 is 1.07 bits per heavy atom. The first-order valence-electron chi connectivity index (χ1n) is 9.01.